The monoisotopic (exact) mass is 344 g/mol. The molecule has 0 saturated heterocycles. The molecule has 0 aliphatic rings. The minimum absolute atomic E-state index is 0. The van der Waals surface area contributed by atoms with Crippen LogP contribution >= 0.6 is 0 Å². The second-order valence-corrected chi connectivity index (χ2v) is 4.69. The molecule has 0 spiro atoms. The van der Waals surface area contributed by atoms with Gasteiger partial charge in [-0.15, -0.1) is 0 Å². The predicted octanol–water partition coefficient (Wildman–Crippen LogP) is 3.67. The largest absolute Gasteiger partial charge is 2.00 e. The number of Topliss-reactive ketones (excluding diaryl/α,β-unsaturated/α-hetero) is 1. The first kappa shape index (κ1) is 15.8. The molecule has 2 aromatic rings. The summed E-state index contributed by atoms with van der Waals surface area (Å²) in [5.41, 5.74) is 2.46. The molecule has 0 amide bonds. The van der Waals surface area contributed by atoms with E-state index in [0.717, 1.165) is 12.8 Å². The fraction of sp³-hybridized carbons (Fsp3) is 0.235. The Morgan fingerprint density at radius 1 is 0.842 bits per heavy atom. The summed E-state index contributed by atoms with van der Waals surface area (Å²) in [6, 6.07) is 20.4. The second kappa shape index (κ2) is 8.05. The maximum atomic E-state index is 11.8. The van der Waals surface area contributed by atoms with Crippen LogP contribution in [0.3, 0.4) is 0 Å². The first-order chi connectivity index (χ1) is 8.75. The molecule has 0 bridgehead atoms. The molecule has 0 radical (unpaired) electrons. The van der Waals surface area contributed by atoms with Crippen molar-refractivity contribution in [2.24, 2.45) is 5.92 Å². The van der Waals surface area contributed by atoms with E-state index in [1.807, 2.05) is 36.4 Å². The van der Waals surface area contributed by atoms with E-state index in [2.05, 4.69) is 24.3 Å². The van der Waals surface area contributed by atoms with E-state index in [-0.39, 0.29) is 32.1 Å². The molecule has 2 rings (SSSR count). The van der Waals surface area contributed by atoms with Crippen molar-refractivity contribution in [2.45, 2.75) is 19.8 Å². The Kier molecular flexibility index (Phi) is 6.70. The number of carbonyl (C=O) groups excluding carboxylic acids is 1. The normalized spacial score (nSPS) is 10.0. The number of carbonyl (C=O) groups is 1. The fourth-order valence-corrected chi connectivity index (χ4v) is 2.16. The van der Waals surface area contributed by atoms with Crippen LogP contribution in [0.1, 0.15) is 18.1 Å². The summed E-state index contributed by atoms with van der Waals surface area (Å²) >= 11 is 0. The van der Waals surface area contributed by atoms with Crippen molar-refractivity contribution in [1.29, 1.82) is 0 Å². The average Bonchev–Trinajstić information content (AvgIpc) is 2.40. The topological polar surface area (TPSA) is 17.1 Å². The third kappa shape index (κ3) is 5.11. The molecule has 0 fully saturated rings. The van der Waals surface area contributed by atoms with Crippen molar-refractivity contribution in [1.82, 2.24) is 0 Å². The Balaban J connectivity index is 0.00000180. The molecule has 0 aliphatic heterocycles. The van der Waals surface area contributed by atoms with Crippen molar-refractivity contribution in [3.05, 3.63) is 71.8 Å². The summed E-state index contributed by atoms with van der Waals surface area (Å²) < 4.78 is 0. The van der Waals surface area contributed by atoms with Crippen molar-refractivity contribution in [3.63, 3.8) is 0 Å². The molecule has 0 aromatic heterocycles. The van der Waals surface area contributed by atoms with Gasteiger partial charge in [-0.1, -0.05) is 60.7 Å². The molecule has 100 valence electrons. The molecule has 0 saturated carbocycles. The van der Waals surface area contributed by atoms with Crippen LogP contribution in [0.15, 0.2) is 60.7 Å². The molecule has 0 aliphatic carbocycles. The number of hydrogen-bond acceptors (Lipinski definition) is 1. The van der Waals surface area contributed by atoms with Gasteiger partial charge in [-0.05, 0) is 30.9 Å². The summed E-state index contributed by atoms with van der Waals surface area (Å²) in [7, 11) is 0. The second-order valence-electron chi connectivity index (χ2n) is 4.69. The van der Waals surface area contributed by atoms with Crippen LogP contribution in [-0.4, -0.2) is 5.78 Å². The maximum Gasteiger partial charge on any atom is 2.00 e. The Labute approximate surface area is 128 Å². The zero-order valence-electron chi connectivity index (χ0n) is 11.0. The minimum atomic E-state index is 0. The van der Waals surface area contributed by atoms with Gasteiger partial charge in [-0.25, -0.2) is 0 Å². The van der Waals surface area contributed by atoms with Crippen molar-refractivity contribution < 1.29 is 25.2 Å². The van der Waals surface area contributed by atoms with Gasteiger partial charge in [-0.2, -0.15) is 0 Å². The summed E-state index contributed by atoms with van der Waals surface area (Å²) in [5, 5.41) is 0. The molecule has 2 aromatic carbocycles. The zero-order valence-corrected chi connectivity index (χ0v) is 12.5. The molecule has 0 unspecified atom stereocenters. The molecular weight excluding hydrogens is 327 g/mol. The van der Waals surface area contributed by atoms with Gasteiger partial charge in [0.15, 0.2) is 0 Å². The molecule has 19 heavy (non-hydrogen) atoms. The van der Waals surface area contributed by atoms with Gasteiger partial charge in [0.2, 0.25) is 0 Å². The van der Waals surface area contributed by atoms with Gasteiger partial charge in [0, 0.05) is 5.92 Å². The van der Waals surface area contributed by atoms with E-state index < -0.39 is 0 Å². The Morgan fingerprint density at radius 2 is 1.21 bits per heavy atom. The first-order valence-electron chi connectivity index (χ1n) is 6.34. The van der Waals surface area contributed by atoms with Crippen LogP contribution in [0.2, 0.25) is 0 Å². The Morgan fingerprint density at radius 3 is 1.53 bits per heavy atom. The molecule has 1 nitrogen and oxygen atoms in total. The zero-order chi connectivity index (χ0) is 12.8. The third-order valence-corrected chi connectivity index (χ3v) is 3.22. The fourth-order valence-electron chi connectivity index (χ4n) is 2.16. The number of hydrogen-bond donors (Lipinski definition) is 0. The Bertz CT molecular complexity index is 452. The predicted molar refractivity (Wildman–Crippen MR) is 74.5 cm³/mol. The average molecular weight is 345 g/mol. The van der Waals surface area contributed by atoms with Crippen LogP contribution in [0.4, 0.5) is 0 Å². The van der Waals surface area contributed by atoms with Crippen molar-refractivity contribution in [2.75, 3.05) is 0 Å². The quantitative estimate of drug-likeness (QED) is 0.756. The van der Waals surface area contributed by atoms with Gasteiger partial charge in [0.1, 0.15) is 5.78 Å². The van der Waals surface area contributed by atoms with Crippen LogP contribution in [0.25, 0.3) is 0 Å². The molecule has 2 heteroatoms. The maximum absolute atomic E-state index is 11.8. The third-order valence-electron chi connectivity index (χ3n) is 3.22. The smallest absolute Gasteiger partial charge is 0.300 e. The van der Waals surface area contributed by atoms with E-state index in [9.17, 15) is 4.79 Å². The van der Waals surface area contributed by atoms with E-state index in [4.69, 9.17) is 0 Å². The van der Waals surface area contributed by atoms with E-state index in [0.29, 0.717) is 0 Å². The van der Waals surface area contributed by atoms with E-state index in [1.165, 1.54) is 11.1 Å². The summed E-state index contributed by atoms with van der Waals surface area (Å²) in [4.78, 5) is 11.8. The van der Waals surface area contributed by atoms with Gasteiger partial charge >= 0.3 is 20.4 Å². The molecule has 0 atom stereocenters. The number of benzene rings is 2. The standard InChI is InChI=1S/C17H18O.Pd/c1-14(18)17(12-15-8-4-2-5-9-15)13-16-10-6-3-7-11-16;/h2-11,17H,12-13H2,1H3;/q;+2. The van der Waals surface area contributed by atoms with Gasteiger partial charge in [0.05, 0.1) is 0 Å². The molecule has 0 N–H and O–H groups in total. The van der Waals surface area contributed by atoms with Crippen molar-refractivity contribution >= 4 is 5.78 Å². The number of ketones is 1. The Hall–Kier alpha value is -1.23. The SMILES string of the molecule is CC(=O)C(Cc1ccccc1)Cc1ccccc1.[Pd+2]. The summed E-state index contributed by atoms with van der Waals surface area (Å²) in [6.07, 6.45) is 1.65. The molecular formula is C17H18OPd+2. The van der Waals surface area contributed by atoms with Gasteiger partial charge < -0.3 is 0 Å². The van der Waals surface area contributed by atoms with Gasteiger partial charge in [-0.3, -0.25) is 4.79 Å². The van der Waals surface area contributed by atoms with Gasteiger partial charge in [0.25, 0.3) is 0 Å². The summed E-state index contributed by atoms with van der Waals surface area (Å²) in [6.45, 7) is 1.69. The van der Waals surface area contributed by atoms with E-state index in [1.54, 1.807) is 6.92 Å². The number of rotatable bonds is 5. The van der Waals surface area contributed by atoms with Crippen LogP contribution in [0, 0.1) is 5.92 Å². The minimum Gasteiger partial charge on any atom is -0.300 e. The van der Waals surface area contributed by atoms with E-state index >= 15 is 0 Å². The van der Waals surface area contributed by atoms with Crippen LogP contribution in [-0.2, 0) is 38.1 Å². The first-order valence-corrected chi connectivity index (χ1v) is 6.34. The van der Waals surface area contributed by atoms with Crippen LogP contribution in [0.5, 0.6) is 0 Å². The summed E-state index contributed by atoms with van der Waals surface area (Å²) in [5.74, 6) is 0.345. The van der Waals surface area contributed by atoms with Crippen molar-refractivity contribution in [3.8, 4) is 0 Å². The van der Waals surface area contributed by atoms with Crippen LogP contribution < -0.4 is 0 Å². The molecule has 0 heterocycles.